The number of rotatable bonds is 8. The van der Waals surface area contributed by atoms with Crippen LogP contribution in [0.15, 0.2) is 28.8 Å². The average Bonchev–Trinajstić information content (AvgIpc) is 3.55. The zero-order valence-corrected chi connectivity index (χ0v) is 29.0. The van der Waals surface area contributed by atoms with Crippen LogP contribution in [0.2, 0.25) is 0 Å². The number of anilines is 2. The highest BCUT2D eigenvalue weighted by Gasteiger charge is 2.63. The molecule has 9 nitrogen and oxygen atoms in total. The molecule has 4 fully saturated rings. The lowest BCUT2D eigenvalue weighted by Crippen LogP contribution is -2.59. The zero-order chi connectivity index (χ0) is 33.7. The lowest BCUT2D eigenvalue weighted by atomic mass is 9.43. The van der Waals surface area contributed by atoms with Gasteiger partial charge in [-0.2, -0.15) is 0 Å². The van der Waals surface area contributed by atoms with E-state index < -0.39 is 0 Å². The van der Waals surface area contributed by atoms with Crippen LogP contribution in [0.1, 0.15) is 114 Å². The maximum atomic E-state index is 13.1. The van der Waals surface area contributed by atoms with Crippen LogP contribution in [-0.2, 0) is 9.59 Å². The molecule has 4 aliphatic rings. The first-order valence-electron chi connectivity index (χ1n) is 17.9. The number of benzene rings is 1. The van der Waals surface area contributed by atoms with Gasteiger partial charge in [0.05, 0.1) is 11.8 Å². The summed E-state index contributed by atoms with van der Waals surface area (Å²) in [6.07, 6.45) is 9.44. The third-order valence-corrected chi connectivity index (χ3v) is 13.4. The van der Waals surface area contributed by atoms with E-state index in [2.05, 4.69) is 41.9 Å². The summed E-state index contributed by atoms with van der Waals surface area (Å²) in [6, 6.07) is 7.33. The van der Waals surface area contributed by atoms with Gasteiger partial charge in [0.2, 0.25) is 11.8 Å². The molecule has 0 radical (unpaired) electrons. The first-order chi connectivity index (χ1) is 22.3. The Bertz CT molecular complexity index is 1470. The number of hydrogen-bond acceptors (Lipinski definition) is 6. The summed E-state index contributed by atoms with van der Waals surface area (Å²) in [5.41, 5.74) is 2.98. The highest BCUT2D eigenvalue weighted by atomic mass is 16.5. The number of aryl methyl sites for hydroxylation is 2. The molecule has 4 saturated carbocycles. The van der Waals surface area contributed by atoms with Crippen molar-refractivity contribution >= 4 is 29.1 Å². The fraction of sp³-hybridized carbons (Fsp3) is 0.684. The van der Waals surface area contributed by atoms with Gasteiger partial charge in [-0.25, -0.2) is 0 Å². The summed E-state index contributed by atoms with van der Waals surface area (Å²) in [7, 11) is 0. The minimum absolute atomic E-state index is 0.0210. The molecule has 256 valence electrons. The standard InChI is InChI=1S/C38H54N4O5/c1-21(7-14-33(45)40-27-10-8-26(9-11-27)39-24(4)43)29-12-13-30-35-31(16-18-38(29,30)6)37(5)17-15-28(19-25(37)20-32(35)44)41-36(46)34-22(2)42-47-23(34)3/h8-11,21,25,28-32,35,44H,7,12-20H2,1-6H3,(H,39,43)(H,40,45)(H,41,46)/t21-,25+,28+,29-,30+,31+,32-,35+,37+,38-/m1/s1. The van der Waals surface area contributed by atoms with Crippen LogP contribution in [-0.4, -0.2) is 40.1 Å². The van der Waals surface area contributed by atoms with Crippen LogP contribution >= 0.6 is 0 Å². The van der Waals surface area contributed by atoms with Crippen molar-refractivity contribution in [3.63, 3.8) is 0 Å². The molecule has 2 aromatic rings. The number of aromatic nitrogens is 1. The molecular formula is C38H54N4O5. The highest BCUT2D eigenvalue weighted by molar-refractivity contribution is 5.96. The lowest BCUT2D eigenvalue weighted by Gasteiger charge is -2.62. The van der Waals surface area contributed by atoms with Crippen LogP contribution in [0.25, 0.3) is 0 Å². The third-order valence-electron chi connectivity index (χ3n) is 13.4. The molecule has 1 heterocycles. The quantitative estimate of drug-likeness (QED) is 0.243. The maximum absolute atomic E-state index is 13.1. The first kappa shape index (κ1) is 33.7. The van der Waals surface area contributed by atoms with Crippen LogP contribution < -0.4 is 16.0 Å². The normalized spacial score (nSPS) is 35.2. The largest absolute Gasteiger partial charge is 0.393 e. The Hall–Kier alpha value is -3.20. The van der Waals surface area contributed by atoms with Gasteiger partial charge in [0.1, 0.15) is 11.3 Å². The molecule has 1 aromatic carbocycles. The SMILES string of the molecule is CC(=O)Nc1ccc(NC(=O)CC[C@@H](C)[C@H]2CC[C@H]3[C@@H]4[C@H](O)C[C@@H]5C[C@@H](NC(=O)c6c(C)noc6C)CC[C@]5(C)[C@H]4CC[C@]23C)cc1. The molecule has 0 aliphatic heterocycles. The van der Waals surface area contributed by atoms with Gasteiger partial charge in [0.15, 0.2) is 0 Å². The Kier molecular flexibility index (Phi) is 9.33. The molecule has 47 heavy (non-hydrogen) atoms. The molecule has 6 rings (SSSR count). The molecule has 9 heteroatoms. The number of carbonyl (C=O) groups is 3. The van der Waals surface area contributed by atoms with Gasteiger partial charge < -0.3 is 25.6 Å². The van der Waals surface area contributed by atoms with Crippen LogP contribution in [0.3, 0.4) is 0 Å². The summed E-state index contributed by atoms with van der Waals surface area (Å²) < 4.78 is 5.23. The van der Waals surface area contributed by atoms with E-state index in [0.717, 1.165) is 50.6 Å². The molecule has 0 saturated heterocycles. The molecule has 1 aromatic heterocycles. The van der Waals surface area contributed by atoms with E-state index in [4.69, 9.17) is 4.52 Å². The number of aliphatic hydroxyl groups excluding tert-OH is 1. The predicted octanol–water partition coefficient (Wildman–Crippen LogP) is 7.03. The van der Waals surface area contributed by atoms with Crippen molar-refractivity contribution < 1.29 is 24.0 Å². The van der Waals surface area contributed by atoms with Gasteiger partial charge >= 0.3 is 0 Å². The summed E-state index contributed by atoms with van der Waals surface area (Å²) in [6.45, 7) is 12.4. The number of fused-ring (bicyclic) bond motifs is 5. The average molecular weight is 647 g/mol. The van der Waals surface area contributed by atoms with E-state index in [-0.39, 0.29) is 40.7 Å². The van der Waals surface area contributed by atoms with Gasteiger partial charge in [-0.15, -0.1) is 0 Å². The topological polar surface area (TPSA) is 134 Å². The lowest BCUT2D eigenvalue weighted by molar-refractivity contribution is -0.166. The summed E-state index contributed by atoms with van der Waals surface area (Å²) in [5, 5.41) is 24.8. The summed E-state index contributed by atoms with van der Waals surface area (Å²) in [4.78, 5) is 37.3. The second kappa shape index (κ2) is 13.0. The second-order valence-electron chi connectivity index (χ2n) is 16.0. The Labute approximate surface area is 279 Å². The van der Waals surface area contributed by atoms with Crippen molar-refractivity contribution in [3.05, 3.63) is 41.3 Å². The fourth-order valence-corrected chi connectivity index (χ4v) is 11.0. The number of aliphatic hydroxyl groups is 1. The van der Waals surface area contributed by atoms with E-state index in [1.807, 2.05) is 19.1 Å². The number of nitrogens with one attached hydrogen (secondary N) is 3. The van der Waals surface area contributed by atoms with E-state index in [1.165, 1.54) is 19.8 Å². The van der Waals surface area contributed by atoms with Crippen molar-refractivity contribution in [2.24, 2.45) is 46.3 Å². The highest BCUT2D eigenvalue weighted by Crippen LogP contribution is 2.68. The van der Waals surface area contributed by atoms with Crippen molar-refractivity contribution in [1.82, 2.24) is 10.5 Å². The fourth-order valence-electron chi connectivity index (χ4n) is 11.0. The van der Waals surface area contributed by atoms with Crippen LogP contribution in [0.5, 0.6) is 0 Å². The number of amides is 3. The minimum atomic E-state index is -0.309. The van der Waals surface area contributed by atoms with Gasteiger partial charge in [-0.1, -0.05) is 25.9 Å². The predicted molar refractivity (Wildman–Crippen MR) is 182 cm³/mol. The Morgan fingerprint density at radius 3 is 2.28 bits per heavy atom. The van der Waals surface area contributed by atoms with Gasteiger partial charge in [0, 0.05) is 30.8 Å². The first-order valence-corrected chi connectivity index (χ1v) is 17.9. The van der Waals surface area contributed by atoms with Gasteiger partial charge in [-0.3, -0.25) is 14.4 Å². The summed E-state index contributed by atoms with van der Waals surface area (Å²) in [5.74, 6) is 3.06. The monoisotopic (exact) mass is 646 g/mol. The Morgan fingerprint density at radius 1 is 0.957 bits per heavy atom. The van der Waals surface area contributed by atoms with E-state index in [9.17, 15) is 19.5 Å². The van der Waals surface area contributed by atoms with Crippen molar-refractivity contribution in [3.8, 4) is 0 Å². The van der Waals surface area contributed by atoms with E-state index in [0.29, 0.717) is 64.6 Å². The summed E-state index contributed by atoms with van der Waals surface area (Å²) >= 11 is 0. The maximum Gasteiger partial charge on any atom is 0.257 e. The second-order valence-corrected chi connectivity index (χ2v) is 16.0. The Balaban J connectivity index is 1.05. The van der Waals surface area contributed by atoms with E-state index >= 15 is 0 Å². The number of carbonyl (C=O) groups excluding carboxylic acids is 3. The Morgan fingerprint density at radius 2 is 1.62 bits per heavy atom. The molecule has 0 bridgehead atoms. The number of hydrogen-bond donors (Lipinski definition) is 4. The van der Waals surface area contributed by atoms with Crippen molar-refractivity contribution in [1.29, 1.82) is 0 Å². The third kappa shape index (κ3) is 6.36. The molecule has 4 N–H and O–H groups in total. The van der Waals surface area contributed by atoms with Crippen molar-refractivity contribution in [2.45, 2.75) is 118 Å². The molecule has 4 aliphatic carbocycles. The molecule has 0 unspecified atom stereocenters. The zero-order valence-electron chi connectivity index (χ0n) is 29.0. The van der Waals surface area contributed by atoms with Gasteiger partial charge in [0.25, 0.3) is 5.91 Å². The molecule has 0 spiro atoms. The molecule has 3 amide bonds. The molecular weight excluding hydrogens is 592 g/mol. The van der Waals surface area contributed by atoms with E-state index in [1.54, 1.807) is 19.1 Å². The van der Waals surface area contributed by atoms with Crippen molar-refractivity contribution in [2.75, 3.05) is 10.6 Å². The van der Waals surface area contributed by atoms with Crippen LogP contribution in [0, 0.1) is 60.2 Å². The minimum Gasteiger partial charge on any atom is -0.393 e. The smallest absolute Gasteiger partial charge is 0.257 e. The molecule has 10 atom stereocenters. The number of nitrogens with zero attached hydrogens (tertiary/aromatic N) is 1. The van der Waals surface area contributed by atoms with Crippen LogP contribution in [0.4, 0.5) is 11.4 Å². The van der Waals surface area contributed by atoms with Gasteiger partial charge in [-0.05, 0) is 142 Å².